The smallest absolute Gasteiger partial charge is 0.344 e. The second-order valence-corrected chi connectivity index (χ2v) is 6.89. The average Bonchev–Trinajstić information content (AvgIpc) is 3.20. The van der Waals surface area contributed by atoms with Gasteiger partial charge in [-0.1, -0.05) is 12.1 Å². The molecule has 0 atom stereocenters. The first-order chi connectivity index (χ1) is 15.4. The molecule has 0 radical (unpaired) electrons. The van der Waals surface area contributed by atoms with Crippen LogP contribution in [0.4, 0.5) is 0 Å². The minimum Gasteiger partial charge on any atom is -0.507 e. The first kappa shape index (κ1) is 20.7. The summed E-state index contributed by atoms with van der Waals surface area (Å²) in [7, 11) is 0. The number of hydrogen-bond acceptors (Lipinski definition) is 8. The molecule has 0 aliphatic heterocycles. The Morgan fingerprint density at radius 1 is 1.22 bits per heavy atom. The maximum atomic E-state index is 12.0. The number of aliphatic hydroxyl groups excluding tert-OH is 1. The normalized spacial score (nSPS) is 11.8. The Morgan fingerprint density at radius 3 is 2.81 bits per heavy atom. The van der Waals surface area contributed by atoms with Crippen molar-refractivity contribution in [2.75, 3.05) is 13.2 Å². The third-order valence-electron chi connectivity index (χ3n) is 4.68. The Bertz CT molecular complexity index is 1430. The Labute approximate surface area is 181 Å². The molecule has 0 bridgehead atoms. The van der Waals surface area contributed by atoms with E-state index in [1.807, 2.05) is 12.1 Å². The number of imidazole rings is 1. The fourth-order valence-electron chi connectivity index (χ4n) is 3.13. The van der Waals surface area contributed by atoms with E-state index in [-0.39, 0.29) is 11.4 Å². The highest BCUT2D eigenvalue weighted by molar-refractivity contribution is 5.83. The molecule has 4 aromatic rings. The van der Waals surface area contributed by atoms with Gasteiger partial charge in [-0.15, -0.1) is 0 Å². The number of carbonyl (C=O) groups is 1. The summed E-state index contributed by atoms with van der Waals surface area (Å²) in [5, 5.41) is 20.4. The number of aliphatic hydroxyl groups is 1. The van der Waals surface area contributed by atoms with E-state index in [4.69, 9.17) is 13.9 Å². The van der Waals surface area contributed by atoms with Gasteiger partial charge in [0, 0.05) is 17.5 Å². The molecule has 9 nitrogen and oxygen atoms in total. The molecule has 0 unspecified atom stereocenters. The number of nitrogens with one attached hydrogen (secondary N) is 1. The molecule has 160 valence electrons. The van der Waals surface area contributed by atoms with Gasteiger partial charge in [0.25, 0.3) is 0 Å². The van der Waals surface area contributed by atoms with Gasteiger partial charge >= 0.3 is 11.6 Å². The van der Waals surface area contributed by atoms with E-state index < -0.39 is 30.6 Å². The van der Waals surface area contributed by atoms with Gasteiger partial charge in [0.05, 0.1) is 11.0 Å². The number of para-hydroxylation sites is 2. The SMILES string of the molecule is Cc1cc(=O)oc2cc(OCC(=O)OCC(O)=C(C#N)c3nc4ccccc4[nH]3)ccc12. The van der Waals surface area contributed by atoms with Crippen molar-refractivity contribution in [1.82, 2.24) is 9.97 Å². The molecule has 0 saturated heterocycles. The lowest BCUT2D eigenvalue weighted by Crippen LogP contribution is -2.16. The zero-order valence-corrected chi connectivity index (χ0v) is 16.9. The number of esters is 1. The second kappa shape index (κ2) is 8.65. The lowest BCUT2D eigenvalue weighted by Gasteiger charge is -2.08. The monoisotopic (exact) mass is 431 g/mol. The summed E-state index contributed by atoms with van der Waals surface area (Å²) in [6, 6.07) is 15.3. The van der Waals surface area contributed by atoms with Crippen molar-refractivity contribution in [3.63, 3.8) is 0 Å². The molecule has 2 aromatic carbocycles. The highest BCUT2D eigenvalue weighted by Crippen LogP contribution is 2.22. The molecule has 0 aliphatic rings. The minimum atomic E-state index is -0.760. The highest BCUT2D eigenvalue weighted by atomic mass is 16.6. The molecule has 9 heteroatoms. The third-order valence-corrected chi connectivity index (χ3v) is 4.68. The number of carbonyl (C=O) groups excluding carboxylic acids is 1. The lowest BCUT2D eigenvalue weighted by molar-refractivity contribution is -0.145. The summed E-state index contributed by atoms with van der Waals surface area (Å²) in [6.07, 6.45) is 0. The second-order valence-electron chi connectivity index (χ2n) is 6.89. The summed E-state index contributed by atoms with van der Waals surface area (Å²) in [4.78, 5) is 30.7. The zero-order valence-electron chi connectivity index (χ0n) is 16.9. The van der Waals surface area contributed by atoms with E-state index in [9.17, 15) is 20.0 Å². The summed E-state index contributed by atoms with van der Waals surface area (Å²) in [5.41, 5.74) is 1.83. The van der Waals surface area contributed by atoms with Gasteiger partial charge in [-0.2, -0.15) is 5.26 Å². The first-order valence-corrected chi connectivity index (χ1v) is 9.55. The van der Waals surface area contributed by atoms with E-state index in [0.717, 1.165) is 10.9 Å². The largest absolute Gasteiger partial charge is 0.507 e. The minimum absolute atomic E-state index is 0.130. The van der Waals surface area contributed by atoms with Crippen LogP contribution in [0.15, 0.2) is 63.5 Å². The molecule has 4 rings (SSSR count). The van der Waals surface area contributed by atoms with Crippen molar-refractivity contribution in [3.05, 3.63) is 76.1 Å². The number of rotatable bonds is 6. The van der Waals surface area contributed by atoms with Gasteiger partial charge in [-0.05, 0) is 36.8 Å². The Balaban J connectivity index is 1.40. The van der Waals surface area contributed by atoms with Crippen molar-refractivity contribution in [2.45, 2.75) is 6.92 Å². The molecule has 2 N–H and O–H groups in total. The van der Waals surface area contributed by atoms with Gasteiger partial charge in [0.15, 0.2) is 18.2 Å². The summed E-state index contributed by atoms with van der Waals surface area (Å²) in [6.45, 7) is 0.827. The molecule has 0 fully saturated rings. The molecule has 0 amide bonds. The van der Waals surface area contributed by atoms with Crippen LogP contribution in [-0.2, 0) is 9.53 Å². The number of hydrogen-bond donors (Lipinski definition) is 2. The topological polar surface area (TPSA) is 138 Å². The van der Waals surface area contributed by atoms with Crippen LogP contribution in [0.25, 0.3) is 27.6 Å². The van der Waals surface area contributed by atoms with Crippen LogP contribution < -0.4 is 10.4 Å². The van der Waals surface area contributed by atoms with E-state index in [2.05, 4.69) is 9.97 Å². The third kappa shape index (κ3) is 4.29. The number of aryl methyl sites for hydroxylation is 1. The van der Waals surface area contributed by atoms with Gasteiger partial charge in [-0.3, -0.25) is 0 Å². The number of nitrogens with zero attached hydrogens (tertiary/aromatic N) is 2. The fraction of sp³-hybridized carbons (Fsp3) is 0.130. The van der Waals surface area contributed by atoms with Crippen LogP contribution >= 0.6 is 0 Å². The van der Waals surface area contributed by atoms with Crippen LogP contribution in [0.5, 0.6) is 5.75 Å². The van der Waals surface area contributed by atoms with E-state index in [0.29, 0.717) is 22.4 Å². The van der Waals surface area contributed by atoms with Gasteiger partial charge in [-0.25, -0.2) is 14.6 Å². The molecule has 32 heavy (non-hydrogen) atoms. The maximum Gasteiger partial charge on any atom is 0.344 e. The number of benzene rings is 2. The Morgan fingerprint density at radius 2 is 2.03 bits per heavy atom. The molecular formula is C23H17N3O6. The molecule has 0 saturated carbocycles. The van der Waals surface area contributed by atoms with Gasteiger partial charge in [0.2, 0.25) is 0 Å². The number of H-pyrrole nitrogens is 1. The number of fused-ring (bicyclic) bond motifs is 2. The highest BCUT2D eigenvalue weighted by Gasteiger charge is 2.15. The van der Waals surface area contributed by atoms with E-state index in [1.54, 1.807) is 37.3 Å². The summed E-state index contributed by atoms with van der Waals surface area (Å²) < 4.78 is 15.5. The first-order valence-electron chi connectivity index (χ1n) is 9.55. The van der Waals surface area contributed by atoms with Crippen molar-refractivity contribution in [2.24, 2.45) is 0 Å². The number of aromatic nitrogens is 2. The van der Waals surface area contributed by atoms with Crippen molar-refractivity contribution in [1.29, 1.82) is 5.26 Å². The number of aromatic amines is 1. The number of allylic oxidation sites excluding steroid dienone is 1. The predicted molar refractivity (Wildman–Crippen MR) is 115 cm³/mol. The van der Waals surface area contributed by atoms with Crippen LogP contribution in [0.2, 0.25) is 0 Å². The summed E-state index contributed by atoms with van der Waals surface area (Å²) in [5.74, 6) is -0.721. The van der Waals surface area contributed by atoms with Crippen molar-refractivity contribution < 1.29 is 23.8 Å². The van der Waals surface area contributed by atoms with Crippen LogP contribution in [-0.4, -0.2) is 34.3 Å². The number of ether oxygens (including phenoxy) is 2. The molecule has 0 spiro atoms. The average molecular weight is 431 g/mol. The summed E-state index contributed by atoms with van der Waals surface area (Å²) >= 11 is 0. The van der Waals surface area contributed by atoms with E-state index in [1.165, 1.54) is 12.1 Å². The predicted octanol–water partition coefficient (Wildman–Crippen LogP) is 3.39. The zero-order chi connectivity index (χ0) is 22.7. The van der Waals surface area contributed by atoms with Gasteiger partial charge in [0.1, 0.15) is 29.6 Å². The van der Waals surface area contributed by atoms with E-state index >= 15 is 0 Å². The maximum absolute atomic E-state index is 12.0. The molecule has 2 aromatic heterocycles. The number of nitriles is 1. The standard InChI is InChI=1S/C23H17N3O6/c1-13-8-21(28)32-20-9-14(6-7-15(13)20)30-12-22(29)31-11-19(27)16(10-24)23-25-17-4-2-3-5-18(17)26-23/h2-9,27H,11-12H2,1H3,(H,25,26). The molecular weight excluding hydrogens is 414 g/mol. The van der Waals surface area contributed by atoms with Crippen LogP contribution in [0.3, 0.4) is 0 Å². The van der Waals surface area contributed by atoms with Crippen LogP contribution in [0.1, 0.15) is 11.4 Å². The van der Waals surface area contributed by atoms with Crippen LogP contribution in [0, 0.1) is 18.3 Å². The van der Waals surface area contributed by atoms with Crippen molar-refractivity contribution in [3.8, 4) is 11.8 Å². The lowest BCUT2D eigenvalue weighted by atomic mass is 10.1. The Kier molecular flexibility index (Phi) is 5.59. The van der Waals surface area contributed by atoms with Crippen molar-refractivity contribution >= 4 is 33.5 Å². The Hall–Kier alpha value is -4.58. The fourth-order valence-corrected chi connectivity index (χ4v) is 3.13. The van der Waals surface area contributed by atoms with Gasteiger partial charge < -0.3 is 24.0 Å². The molecule has 0 aliphatic carbocycles. The molecule has 2 heterocycles. The quantitative estimate of drug-likeness (QED) is 0.205.